The summed E-state index contributed by atoms with van der Waals surface area (Å²) < 4.78 is 12.3. The molecule has 1 aromatic rings. The van der Waals surface area contributed by atoms with Crippen LogP contribution in [-0.4, -0.2) is 15.7 Å². The second-order valence-corrected chi connectivity index (χ2v) is 7.31. The Balaban J connectivity index is 3.10. The van der Waals surface area contributed by atoms with Crippen molar-refractivity contribution >= 4 is 16.6 Å². The molecule has 0 N–H and O–H groups in total. The molecule has 1 rings (SSSR count). The standard InChI is InChI=1S/C17H26O2S/c1-7-11(2)9-20(19)10-16-12(3)8-13(4)17(14(16)5)15(6)18/h8,11H,7,9-10H2,1-6H3/t11-,20+/m0/s1. The van der Waals surface area contributed by atoms with Crippen LogP contribution in [0, 0.1) is 26.7 Å². The van der Waals surface area contributed by atoms with Crippen molar-refractivity contribution in [2.24, 2.45) is 5.92 Å². The molecule has 2 nitrogen and oxygen atoms in total. The van der Waals surface area contributed by atoms with E-state index in [0.717, 1.165) is 40.0 Å². The minimum atomic E-state index is -0.861. The van der Waals surface area contributed by atoms with Gasteiger partial charge in [-0.15, -0.1) is 0 Å². The Morgan fingerprint density at radius 1 is 1.25 bits per heavy atom. The third-order valence-electron chi connectivity index (χ3n) is 3.96. The van der Waals surface area contributed by atoms with Crippen molar-refractivity contribution in [3.63, 3.8) is 0 Å². The van der Waals surface area contributed by atoms with Gasteiger partial charge in [0.1, 0.15) is 0 Å². The van der Waals surface area contributed by atoms with E-state index < -0.39 is 10.8 Å². The molecule has 112 valence electrons. The fourth-order valence-electron chi connectivity index (χ4n) is 2.65. The number of rotatable bonds is 6. The molecular formula is C17H26O2S. The van der Waals surface area contributed by atoms with Gasteiger partial charge in [-0.05, 0) is 55.9 Å². The average molecular weight is 294 g/mol. The molecule has 0 aliphatic carbocycles. The maximum Gasteiger partial charge on any atom is 0.160 e. The molecular weight excluding hydrogens is 268 g/mol. The van der Waals surface area contributed by atoms with Crippen LogP contribution in [0.4, 0.5) is 0 Å². The molecule has 0 spiro atoms. The van der Waals surface area contributed by atoms with E-state index >= 15 is 0 Å². The lowest BCUT2D eigenvalue weighted by Crippen LogP contribution is -2.12. The summed E-state index contributed by atoms with van der Waals surface area (Å²) >= 11 is 0. The van der Waals surface area contributed by atoms with Gasteiger partial charge in [0, 0.05) is 27.9 Å². The third-order valence-corrected chi connectivity index (χ3v) is 5.51. The number of carbonyl (C=O) groups is 1. The highest BCUT2D eigenvalue weighted by molar-refractivity contribution is 7.84. The van der Waals surface area contributed by atoms with Gasteiger partial charge in [-0.2, -0.15) is 0 Å². The van der Waals surface area contributed by atoms with Gasteiger partial charge in [-0.3, -0.25) is 9.00 Å². The zero-order valence-electron chi connectivity index (χ0n) is 13.5. The zero-order chi connectivity index (χ0) is 15.4. The number of hydrogen-bond acceptors (Lipinski definition) is 2. The molecule has 0 saturated carbocycles. The minimum absolute atomic E-state index is 0.0916. The van der Waals surface area contributed by atoms with Crippen LogP contribution in [0.5, 0.6) is 0 Å². The van der Waals surface area contributed by atoms with Crippen LogP contribution in [0.2, 0.25) is 0 Å². The summed E-state index contributed by atoms with van der Waals surface area (Å²) in [6.07, 6.45) is 1.05. The Kier molecular flexibility index (Phi) is 6.12. The quantitative estimate of drug-likeness (QED) is 0.740. The molecule has 0 saturated heterocycles. The van der Waals surface area contributed by atoms with Crippen LogP contribution in [-0.2, 0) is 16.6 Å². The first kappa shape index (κ1) is 17.1. The summed E-state index contributed by atoms with van der Waals surface area (Å²) in [6, 6.07) is 2.04. The van der Waals surface area contributed by atoms with E-state index in [4.69, 9.17) is 0 Å². The maximum atomic E-state index is 12.3. The highest BCUT2D eigenvalue weighted by atomic mass is 32.2. The van der Waals surface area contributed by atoms with Crippen molar-refractivity contribution in [3.8, 4) is 0 Å². The molecule has 0 heterocycles. The number of Topliss-reactive ketones (excluding diaryl/α,β-unsaturated/α-hetero) is 1. The van der Waals surface area contributed by atoms with E-state index in [0.29, 0.717) is 11.7 Å². The van der Waals surface area contributed by atoms with Gasteiger partial charge in [0.25, 0.3) is 0 Å². The van der Waals surface area contributed by atoms with Crippen LogP contribution in [0.1, 0.15) is 59.8 Å². The number of aryl methyl sites for hydroxylation is 2. The smallest absolute Gasteiger partial charge is 0.160 e. The summed E-state index contributed by atoms with van der Waals surface area (Å²) in [4.78, 5) is 11.8. The number of benzene rings is 1. The fourth-order valence-corrected chi connectivity index (χ4v) is 4.40. The van der Waals surface area contributed by atoms with Crippen molar-refractivity contribution in [1.82, 2.24) is 0 Å². The summed E-state index contributed by atoms with van der Waals surface area (Å²) in [5, 5.41) is 0. The third kappa shape index (κ3) is 4.02. The molecule has 1 aromatic carbocycles. The van der Waals surface area contributed by atoms with E-state index in [1.165, 1.54) is 0 Å². The number of hydrogen-bond donors (Lipinski definition) is 0. The van der Waals surface area contributed by atoms with Gasteiger partial charge in [0.15, 0.2) is 5.78 Å². The van der Waals surface area contributed by atoms with E-state index in [-0.39, 0.29) is 5.78 Å². The van der Waals surface area contributed by atoms with Crippen LogP contribution < -0.4 is 0 Å². The molecule has 3 heteroatoms. The van der Waals surface area contributed by atoms with E-state index in [9.17, 15) is 9.00 Å². The lowest BCUT2D eigenvalue weighted by molar-refractivity contribution is 0.101. The first-order chi connectivity index (χ1) is 9.27. The Morgan fingerprint density at radius 3 is 2.35 bits per heavy atom. The first-order valence-corrected chi connectivity index (χ1v) is 8.72. The molecule has 0 aliphatic rings. The van der Waals surface area contributed by atoms with Crippen LogP contribution >= 0.6 is 0 Å². The molecule has 0 bridgehead atoms. The predicted molar refractivity (Wildman–Crippen MR) is 86.8 cm³/mol. The van der Waals surface area contributed by atoms with Crippen molar-refractivity contribution in [2.45, 2.75) is 53.7 Å². The molecule has 2 atom stereocenters. The molecule has 0 radical (unpaired) electrons. The number of ketones is 1. The largest absolute Gasteiger partial charge is 0.294 e. The predicted octanol–water partition coefficient (Wildman–Crippen LogP) is 4.11. The van der Waals surface area contributed by atoms with Gasteiger partial charge in [-0.1, -0.05) is 26.3 Å². The second-order valence-electron chi connectivity index (χ2n) is 5.81. The Labute approximate surface area is 125 Å². The Hall–Kier alpha value is -0.960. The van der Waals surface area contributed by atoms with Crippen LogP contribution in [0.3, 0.4) is 0 Å². The van der Waals surface area contributed by atoms with Crippen molar-refractivity contribution in [1.29, 1.82) is 0 Å². The minimum Gasteiger partial charge on any atom is -0.294 e. The normalized spacial score (nSPS) is 14.1. The maximum absolute atomic E-state index is 12.3. The first-order valence-electron chi connectivity index (χ1n) is 7.23. The molecule has 0 aromatic heterocycles. The summed E-state index contributed by atoms with van der Waals surface area (Å²) in [6.45, 7) is 11.8. The number of carbonyl (C=O) groups excluding carboxylic acids is 1. The Bertz CT molecular complexity index is 532. The highest BCUT2D eigenvalue weighted by Crippen LogP contribution is 2.24. The monoisotopic (exact) mass is 294 g/mol. The van der Waals surface area contributed by atoms with Crippen molar-refractivity contribution < 1.29 is 9.00 Å². The summed E-state index contributed by atoms with van der Waals surface area (Å²) in [7, 11) is -0.861. The van der Waals surface area contributed by atoms with Gasteiger partial charge >= 0.3 is 0 Å². The van der Waals surface area contributed by atoms with Crippen LogP contribution in [0.15, 0.2) is 6.07 Å². The molecule has 0 aliphatic heterocycles. The van der Waals surface area contributed by atoms with E-state index in [1.807, 2.05) is 26.8 Å². The fraction of sp³-hybridized carbons (Fsp3) is 0.588. The molecule has 0 unspecified atom stereocenters. The van der Waals surface area contributed by atoms with Crippen molar-refractivity contribution in [2.75, 3.05) is 5.75 Å². The lowest BCUT2D eigenvalue weighted by Gasteiger charge is -2.16. The lowest BCUT2D eigenvalue weighted by atomic mass is 9.92. The van der Waals surface area contributed by atoms with Gasteiger partial charge < -0.3 is 0 Å². The molecule has 0 amide bonds. The molecule has 20 heavy (non-hydrogen) atoms. The van der Waals surface area contributed by atoms with E-state index in [1.54, 1.807) is 6.92 Å². The zero-order valence-corrected chi connectivity index (χ0v) is 14.3. The van der Waals surface area contributed by atoms with Gasteiger partial charge in [0.05, 0.1) is 0 Å². The van der Waals surface area contributed by atoms with Crippen LogP contribution in [0.25, 0.3) is 0 Å². The SMILES string of the molecule is CC[C@H](C)C[S@@](=O)Cc1c(C)cc(C)c(C(C)=O)c1C. The topological polar surface area (TPSA) is 34.1 Å². The highest BCUT2D eigenvalue weighted by Gasteiger charge is 2.16. The summed E-state index contributed by atoms with van der Waals surface area (Å²) in [5.41, 5.74) is 5.05. The van der Waals surface area contributed by atoms with Gasteiger partial charge in [-0.25, -0.2) is 0 Å². The summed E-state index contributed by atoms with van der Waals surface area (Å²) in [5.74, 6) is 1.87. The Morgan fingerprint density at radius 2 is 1.85 bits per heavy atom. The van der Waals surface area contributed by atoms with E-state index in [2.05, 4.69) is 13.8 Å². The second kappa shape index (κ2) is 7.16. The average Bonchev–Trinajstić information content (AvgIpc) is 2.33. The van der Waals surface area contributed by atoms with Crippen molar-refractivity contribution in [3.05, 3.63) is 33.9 Å². The van der Waals surface area contributed by atoms with Gasteiger partial charge in [0.2, 0.25) is 0 Å². The molecule has 0 fully saturated rings.